The second-order valence-corrected chi connectivity index (χ2v) is 6.12. The zero-order valence-corrected chi connectivity index (χ0v) is 16.2. The average molecular weight is 382 g/mol. The molecule has 0 atom stereocenters. The molecule has 3 aromatic rings. The van der Waals surface area contributed by atoms with E-state index in [1.807, 2.05) is 32.0 Å². The van der Waals surface area contributed by atoms with Crippen molar-refractivity contribution in [1.82, 2.24) is 25.5 Å². The van der Waals surface area contributed by atoms with E-state index in [2.05, 4.69) is 26.2 Å². The maximum Gasteiger partial charge on any atom is 0.319 e. The Kier molecular flexibility index (Phi) is 5.73. The largest absolute Gasteiger partial charge is 0.493 e. The van der Waals surface area contributed by atoms with Crippen LogP contribution in [0.1, 0.15) is 17.0 Å². The van der Waals surface area contributed by atoms with E-state index in [9.17, 15) is 4.79 Å². The lowest BCUT2D eigenvalue weighted by Gasteiger charge is -2.14. The molecule has 3 rings (SSSR count). The number of anilines is 1. The monoisotopic (exact) mass is 382 g/mol. The van der Waals surface area contributed by atoms with Gasteiger partial charge in [0.25, 0.3) is 0 Å². The van der Waals surface area contributed by atoms with Gasteiger partial charge >= 0.3 is 6.03 Å². The predicted octanol–water partition coefficient (Wildman–Crippen LogP) is 2.62. The summed E-state index contributed by atoms with van der Waals surface area (Å²) in [5.41, 5.74) is 3.64. The molecule has 0 fully saturated rings. The minimum absolute atomic E-state index is 0.151. The number of ether oxygens (including phenoxy) is 2. The van der Waals surface area contributed by atoms with Crippen LogP contribution in [0.4, 0.5) is 10.5 Å². The number of rotatable bonds is 6. The summed E-state index contributed by atoms with van der Waals surface area (Å²) in [6.07, 6.45) is 0. The van der Waals surface area contributed by atoms with Crippen molar-refractivity contribution < 1.29 is 14.3 Å². The lowest BCUT2D eigenvalue weighted by molar-refractivity contribution is 0.251. The van der Waals surface area contributed by atoms with Gasteiger partial charge in [-0.3, -0.25) is 0 Å². The van der Waals surface area contributed by atoms with Crippen LogP contribution in [0, 0.1) is 13.8 Å². The quantitative estimate of drug-likeness (QED) is 0.679. The number of amides is 2. The average Bonchev–Trinajstić information content (AvgIpc) is 3.17. The molecule has 0 spiro atoms. The number of nitrogens with one attached hydrogen (secondary N) is 2. The topological polar surface area (TPSA) is 103 Å². The second kappa shape index (κ2) is 8.38. The highest BCUT2D eigenvalue weighted by atomic mass is 16.5. The van der Waals surface area contributed by atoms with E-state index in [0.717, 1.165) is 11.3 Å². The molecule has 146 valence electrons. The molecular formula is C19H22N6O3. The van der Waals surface area contributed by atoms with E-state index >= 15 is 0 Å². The Hall–Kier alpha value is -3.62. The number of hydrogen-bond donors (Lipinski definition) is 2. The van der Waals surface area contributed by atoms with Crippen LogP contribution < -0.4 is 20.1 Å². The molecule has 0 radical (unpaired) electrons. The van der Waals surface area contributed by atoms with E-state index in [1.165, 1.54) is 19.8 Å². The SMILES string of the molecule is COc1cccc(NC(=O)NCc2nnnn2-c2ccc(C)c(C)c2)c1OC. The van der Waals surface area contributed by atoms with Gasteiger partial charge in [-0.2, -0.15) is 4.68 Å². The van der Waals surface area contributed by atoms with Crippen molar-refractivity contribution >= 4 is 11.7 Å². The first kappa shape index (κ1) is 19.2. The number of benzene rings is 2. The fourth-order valence-corrected chi connectivity index (χ4v) is 2.69. The molecule has 0 saturated carbocycles. The Bertz CT molecular complexity index is 986. The summed E-state index contributed by atoms with van der Waals surface area (Å²) >= 11 is 0. The van der Waals surface area contributed by atoms with Crippen LogP contribution in [-0.2, 0) is 6.54 Å². The third kappa shape index (κ3) is 4.03. The molecule has 1 heterocycles. The third-order valence-corrected chi connectivity index (χ3v) is 4.33. The summed E-state index contributed by atoms with van der Waals surface area (Å²) in [5.74, 6) is 1.48. The number of para-hydroxylation sites is 1. The van der Waals surface area contributed by atoms with Crippen LogP contribution in [-0.4, -0.2) is 40.5 Å². The van der Waals surface area contributed by atoms with Crippen LogP contribution >= 0.6 is 0 Å². The van der Waals surface area contributed by atoms with Gasteiger partial charge in [-0.05, 0) is 59.7 Å². The number of nitrogens with zero attached hydrogens (tertiary/aromatic N) is 4. The summed E-state index contributed by atoms with van der Waals surface area (Å²) in [7, 11) is 3.05. The molecule has 9 nitrogen and oxygen atoms in total. The van der Waals surface area contributed by atoms with Gasteiger partial charge in [-0.25, -0.2) is 4.79 Å². The van der Waals surface area contributed by atoms with Crippen LogP contribution in [0.2, 0.25) is 0 Å². The number of urea groups is 1. The summed E-state index contributed by atoms with van der Waals surface area (Å²) in [5, 5.41) is 17.2. The Morgan fingerprint density at radius 2 is 1.93 bits per heavy atom. The Balaban J connectivity index is 1.70. The van der Waals surface area contributed by atoms with Gasteiger partial charge in [0.1, 0.15) is 0 Å². The van der Waals surface area contributed by atoms with Gasteiger partial charge < -0.3 is 20.1 Å². The van der Waals surface area contributed by atoms with Gasteiger partial charge in [-0.15, -0.1) is 5.10 Å². The highest BCUT2D eigenvalue weighted by Crippen LogP contribution is 2.34. The molecule has 9 heteroatoms. The molecule has 0 bridgehead atoms. The minimum atomic E-state index is -0.416. The first-order valence-electron chi connectivity index (χ1n) is 8.64. The van der Waals surface area contributed by atoms with Crippen LogP contribution in [0.3, 0.4) is 0 Å². The molecule has 2 N–H and O–H groups in total. The lowest BCUT2D eigenvalue weighted by atomic mass is 10.1. The van der Waals surface area contributed by atoms with E-state index in [-0.39, 0.29) is 6.54 Å². The maximum atomic E-state index is 12.3. The molecule has 0 aliphatic heterocycles. The van der Waals surface area contributed by atoms with Gasteiger partial charge in [0.2, 0.25) is 0 Å². The highest BCUT2D eigenvalue weighted by molar-refractivity contribution is 5.91. The van der Waals surface area contributed by atoms with Gasteiger partial charge in [-0.1, -0.05) is 12.1 Å². The fraction of sp³-hybridized carbons (Fsp3) is 0.263. The smallest absolute Gasteiger partial charge is 0.319 e. The summed E-state index contributed by atoms with van der Waals surface area (Å²) in [6.45, 7) is 4.21. The molecule has 0 aliphatic rings. The van der Waals surface area contributed by atoms with Crippen LogP contribution in [0.15, 0.2) is 36.4 Å². The number of aromatic nitrogens is 4. The normalized spacial score (nSPS) is 10.4. The summed E-state index contributed by atoms with van der Waals surface area (Å²) < 4.78 is 12.1. The second-order valence-electron chi connectivity index (χ2n) is 6.12. The van der Waals surface area contributed by atoms with E-state index in [0.29, 0.717) is 23.0 Å². The third-order valence-electron chi connectivity index (χ3n) is 4.33. The number of tetrazole rings is 1. The number of aryl methyl sites for hydroxylation is 2. The van der Waals surface area contributed by atoms with Crippen molar-refractivity contribution in [2.24, 2.45) is 0 Å². The number of carbonyl (C=O) groups is 1. The minimum Gasteiger partial charge on any atom is -0.493 e. The zero-order valence-electron chi connectivity index (χ0n) is 16.2. The highest BCUT2D eigenvalue weighted by Gasteiger charge is 2.14. The fourth-order valence-electron chi connectivity index (χ4n) is 2.69. The van der Waals surface area contributed by atoms with Crippen molar-refractivity contribution in [2.75, 3.05) is 19.5 Å². The van der Waals surface area contributed by atoms with E-state index < -0.39 is 6.03 Å². The summed E-state index contributed by atoms with van der Waals surface area (Å²) in [4.78, 5) is 12.3. The van der Waals surface area contributed by atoms with Crippen molar-refractivity contribution in [3.05, 3.63) is 53.3 Å². The first-order valence-corrected chi connectivity index (χ1v) is 8.64. The van der Waals surface area contributed by atoms with Crippen molar-refractivity contribution in [3.8, 4) is 17.2 Å². The number of methoxy groups -OCH3 is 2. The molecule has 0 aliphatic carbocycles. The number of hydrogen-bond acceptors (Lipinski definition) is 6. The summed E-state index contributed by atoms with van der Waals surface area (Å²) in [6, 6.07) is 10.8. The molecular weight excluding hydrogens is 360 g/mol. The zero-order chi connectivity index (χ0) is 20.1. The van der Waals surface area contributed by atoms with Crippen molar-refractivity contribution in [1.29, 1.82) is 0 Å². The van der Waals surface area contributed by atoms with Gasteiger partial charge in [0.05, 0.1) is 32.1 Å². The Labute approximate surface area is 162 Å². The molecule has 1 aromatic heterocycles. The lowest BCUT2D eigenvalue weighted by Crippen LogP contribution is -2.29. The Morgan fingerprint density at radius 1 is 1.11 bits per heavy atom. The van der Waals surface area contributed by atoms with Gasteiger partial charge in [0.15, 0.2) is 17.3 Å². The van der Waals surface area contributed by atoms with Crippen molar-refractivity contribution in [2.45, 2.75) is 20.4 Å². The molecule has 2 amide bonds. The van der Waals surface area contributed by atoms with Crippen LogP contribution in [0.25, 0.3) is 5.69 Å². The molecule has 0 saturated heterocycles. The predicted molar refractivity (Wildman–Crippen MR) is 104 cm³/mol. The van der Waals surface area contributed by atoms with Crippen LogP contribution in [0.5, 0.6) is 11.5 Å². The molecule has 0 unspecified atom stereocenters. The van der Waals surface area contributed by atoms with Crippen molar-refractivity contribution in [3.63, 3.8) is 0 Å². The molecule has 28 heavy (non-hydrogen) atoms. The standard InChI is InChI=1S/C19H22N6O3/c1-12-8-9-14(10-13(12)2)25-17(22-23-24-25)11-20-19(26)21-15-6-5-7-16(27-3)18(15)28-4/h5-10H,11H2,1-4H3,(H2,20,21,26). The number of carbonyl (C=O) groups excluding carboxylic acids is 1. The first-order chi connectivity index (χ1) is 13.5. The Morgan fingerprint density at radius 3 is 2.64 bits per heavy atom. The molecule has 2 aromatic carbocycles. The van der Waals surface area contributed by atoms with E-state index in [1.54, 1.807) is 22.9 Å². The van der Waals surface area contributed by atoms with E-state index in [4.69, 9.17) is 9.47 Å². The maximum absolute atomic E-state index is 12.3. The van der Waals surface area contributed by atoms with Gasteiger partial charge in [0, 0.05) is 0 Å².